The fraction of sp³-hybridized carbons (Fsp3) is 0.385. The molecule has 3 rings (SSSR count). The minimum atomic E-state index is -0.310. The standard InChI is InChI=1S/C13H14N2O2S2/c1-17-12(16)11-6-14-13(19-11)15(10-2-3-10)7-9-4-5-18-8-9/h4-6,8,10H,2-3,7H2,1H3. The Morgan fingerprint density at radius 3 is 3.05 bits per heavy atom. The van der Waals surface area contributed by atoms with Crippen molar-refractivity contribution < 1.29 is 9.53 Å². The summed E-state index contributed by atoms with van der Waals surface area (Å²) in [7, 11) is 1.39. The third-order valence-corrected chi connectivity index (χ3v) is 4.79. The molecule has 1 aliphatic rings. The molecule has 1 aliphatic carbocycles. The van der Waals surface area contributed by atoms with E-state index in [1.165, 1.54) is 36.9 Å². The van der Waals surface area contributed by atoms with Crippen LogP contribution in [0.2, 0.25) is 0 Å². The van der Waals surface area contributed by atoms with Crippen molar-refractivity contribution in [1.82, 2.24) is 4.98 Å². The Labute approximate surface area is 119 Å². The Kier molecular flexibility index (Phi) is 3.52. The van der Waals surface area contributed by atoms with Gasteiger partial charge in [0.2, 0.25) is 0 Å². The van der Waals surface area contributed by atoms with E-state index in [2.05, 4.69) is 26.7 Å². The Hall–Kier alpha value is -1.40. The van der Waals surface area contributed by atoms with Gasteiger partial charge in [-0.15, -0.1) is 0 Å². The number of esters is 1. The van der Waals surface area contributed by atoms with Crippen molar-refractivity contribution in [2.75, 3.05) is 12.0 Å². The van der Waals surface area contributed by atoms with Gasteiger partial charge in [0.15, 0.2) is 5.13 Å². The van der Waals surface area contributed by atoms with E-state index in [1.807, 2.05) is 0 Å². The molecule has 0 aliphatic heterocycles. The van der Waals surface area contributed by atoms with Gasteiger partial charge in [0.25, 0.3) is 0 Å². The van der Waals surface area contributed by atoms with Gasteiger partial charge in [-0.05, 0) is 35.2 Å². The topological polar surface area (TPSA) is 42.4 Å². The van der Waals surface area contributed by atoms with E-state index in [9.17, 15) is 4.79 Å². The Morgan fingerprint density at radius 1 is 1.58 bits per heavy atom. The number of anilines is 1. The van der Waals surface area contributed by atoms with Crippen LogP contribution in [-0.2, 0) is 11.3 Å². The van der Waals surface area contributed by atoms with Gasteiger partial charge in [0, 0.05) is 12.6 Å². The lowest BCUT2D eigenvalue weighted by molar-refractivity contribution is 0.0606. The zero-order valence-electron chi connectivity index (χ0n) is 10.5. The number of aromatic nitrogens is 1. The van der Waals surface area contributed by atoms with E-state index in [1.54, 1.807) is 17.5 Å². The molecule has 0 amide bonds. The lowest BCUT2D eigenvalue weighted by atomic mass is 10.3. The molecule has 0 radical (unpaired) electrons. The number of rotatable bonds is 5. The molecule has 6 heteroatoms. The zero-order chi connectivity index (χ0) is 13.2. The second-order valence-electron chi connectivity index (χ2n) is 4.49. The van der Waals surface area contributed by atoms with Crippen LogP contribution in [0.5, 0.6) is 0 Å². The van der Waals surface area contributed by atoms with Crippen LogP contribution in [-0.4, -0.2) is 24.1 Å². The maximum atomic E-state index is 11.5. The van der Waals surface area contributed by atoms with Crippen LogP contribution in [0.4, 0.5) is 5.13 Å². The SMILES string of the molecule is COC(=O)c1cnc(N(Cc2ccsc2)C2CC2)s1. The van der Waals surface area contributed by atoms with E-state index >= 15 is 0 Å². The first kappa shape index (κ1) is 12.6. The highest BCUT2D eigenvalue weighted by molar-refractivity contribution is 7.17. The molecule has 2 aromatic rings. The Bertz CT molecular complexity index is 561. The largest absolute Gasteiger partial charge is 0.465 e. The van der Waals surface area contributed by atoms with E-state index in [4.69, 9.17) is 4.74 Å². The van der Waals surface area contributed by atoms with Gasteiger partial charge in [0.1, 0.15) is 4.88 Å². The molecular formula is C13H14N2O2S2. The van der Waals surface area contributed by atoms with Crippen LogP contribution in [0.25, 0.3) is 0 Å². The van der Waals surface area contributed by atoms with Crippen LogP contribution in [0.15, 0.2) is 23.0 Å². The maximum Gasteiger partial charge on any atom is 0.349 e. The predicted octanol–water partition coefficient (Wildman–Crippen LogP) is 3.16. The zero-order valence-corrected chi connectivity index (χ0v) is 12.2. The maximum absolute atomic E-state index is 11.5. The first-order valence-electron chi connectivity index (χ1n) is 6.10. The molecule has 1 fully saturated rings. The molecule has 0 spiro atoms. The van der Waals surface area contributed by atoms with Gasteiger partial charge in [-0.25, -0.2) is 9.78 Å². The smallest absolute Gasteiger partial charge is 0.349 e. The molecule has 2 heterocycles. The summed E-state index contributed by atoms with van der Waals surface area (Å²) in [6.45, 7) is 0.863. The van der Waals surface area contributed by atoms with Crippen molar-refractivity contribution in [3.05, 3.63) is 33.5 Å². The molecule has 1 saturated carbocycles. The molecule has 2 aromatic heterocycles. The van der Waals surface area contributed by atoms with Crippen molar-refractivity contribution in [3.8, 4) is 0 Å². The second kappa shape index (κ2) is 5.30. The minimum Gasteiger partial charge on any atom is -0.465 e. The summed E-state index contributed by atoms with van der Waals surface area (Å²) >= 11 is 3.11. The number of hydrogen-bond acceptors (Lipinski definition) is 6. The molecule has 0 aromatic carbocycles. The number of carbonyl (C=O) groups is 1. The van der Waals surface area contributed by atoms with Gasteiger partial charge in [-0.2, -0.15) is 11.3 Å². The minimum absolute atomic E-state index is 0.310. The van der Waals surface area contributed by atoms with Gasteiger partial charge in [-0.1, -0.05) is 11.3 Å². The van der Waals surface area contributed by atoms with Crippen molar-refractivity contribution in [2.24, 2.45) is 0 Å². The predicted molar refractivity (Wildman–Crippen MR) is 77.0 cm³/mol. The Balaban J connectivity index is 1.80. The summed E-state index contributed by atoms with van der Waals surface area (Å²) in [5.41, 5.74) is 1.30. The molecule has 0 unspecified atom stereocenters. The molecule has 4 nitrogen and oxygen atoms in total. The van der Waals surface area contributed by atoms with E-state index in [-0.39, 0.29) is 5.97 Å². The number of thiazole rings is 1. The monoisotopic (exact) mass is 294 g/mol. The summed E-state index contributed by atoms with van der Waals surface area (Å²) in [6.07, 6.45) is 4.02. The number of ether oxygens (including phenoxy) is 1. The lowest BCUT2D eigenvalue weighted by Gasteiger charge is -2.20. The Morgan fingerprint density at radius 2 is 2.42 bits per heavy atom. The van der Waals surface area contributed by atoms with Gasteiger partial charge < -0.3 is 9.64 Å². The third kappa shape index (κ3) is 2.79. The molecule has 19 heavy (non-hydrogen) atoms. The normalized spacial score (nSPS) is 14.4. The van der Waals surface area contributed by atoms with Crippen molar-refractivity contribution in [3.63, 3.8) is 0 Å². The van der Waals surface area contributed by atoms with E-state index in [0.29, 0.717) is 10.9 Å². The molecule has 0 N–H and O–H groups in total. The lowest BCUT2D eigenvalue weighted by Crippen LogP contribution is -2.24. The summed E-state index contributed by atoms with van der Waals surface area (Å²) < 4.78 is 4.73. The van der Waals surface area contributed by atoms with Crippen LogP contribution in [0, 0.1) is 0 Å². The highest BCUT2D eigenvalue weighted by atomic mass is 32.1. The van der Waals surface area contributed by atoms with Crippen LogP contribution >= 0.6 is 22.7 Å². The van der Waals surface area contributed by atoms with Crippen LogP contribution in [0.3, 0.4) is 0 Å². The fourth-order valence-electron chi connectivity index (χ4n) is 1.91. The van der Waals surface area contributed by atoms with Gasteiger partial charge >= 0.3 is 5.97 Å². The fourth-order valence-corrected chi connectivity index (χ4v) is 3.48. The van der Waals surface area contributed by atoms with Crippen LogP contribution in [0.1, 0.15) is 28.1 Å². The highest BCUT2D eigenvalue weighted by Gasteiger charge is 2.31. The number of methoxy groups -OCH3 is 1. The second-order valence-corrected chi connectivity index (χ2v) is 6.28. The third-order valence-electron chi connectivity index (χ3n) is 3.05. The summed E-state index contributed by atoms with van der Waals surface area (Å²) in [4.78, 5) is 18.7. The van der Waals surface area contributed by atoms with Crippen molar-refractivity contribution >= 4 is 33.8 Å². The average Bonchev–Trinajstić information content (AvgIpc) is 2.94. The van der Waals surface area contributed by atoms with Crippen LogP contribution < -0.4 is 4.90 Å². The number of thiophene rings is 1. The number of carbonyl (C=O) groups excluding carboxylic acids is 1. The van der Waals surface area contributed by atoms with E-state index < -0.39 is 0 Å². The summed E-state index contributed by atoms with van der Waals surface area (Å²) in [5.74, 6) is -0.310. The molecular weight excluding hydrogens is 280 g/mol. The van der Waals surface area contributed by atoms with Gasteiger partial charge in [-0.3, -0.25) is 0 Å². The quantitative estimate of drug-likeness (QED) is 0.794. The number of nitrogens with zero attached hydrogens (tertiary/aromatic N) is 2. The first-order valence-corrected chi connectivity index (χ1v) is 7.85. The summed E-state index contributed by atoms with van der Waals surface area (Å²) in [5, 5.41) is 5.15. The average molecular weight is 294 g/mol. The molecule has 0 atom stereocenters. The van der Waals surface area contributed by atoms with E-state index in [0.717, 1.165) is 11.7 Å². The summed E-state index contributed by atoms with van der Waals surface area (Å²) in [6, 6.07) is 2.70. The van der Waals surface area contributed by atoms with Crippen molar-refractivity contribution in [1.29, 1.82) is 0 Å². The molecule has 100 valence electrons. The first-order chi connectivity index (χ1) is 9.28. The van der Waals surface area contributed by atoms with Crippen molar-refractivity contribution in [2.45, 2.75) is 25.4 Å². The van der Waals surface area contributed by atoms with Gasteiger partial charge in [0.05, 0.1) is 13.3 Å². The molecule has 0 bridgehead atoms. The molecule has 0 saturated heterocycles. The number of hydrogen-bond donors (Lipinski definition) is 0. The highest BCUT2D eigenvalue weighted by Crippen LogP contribution is 2.35.